The van der Waals surface area contributed by atoms with E-state index in [1.165, 1.54) is 23.9 Å². The molecule has 0 aliphatic heterocycles. The van der Waals surface area contributed by atoms with Crippen molar-refractivity contribution in [2.24, 2.45) is 0 Å². The van der Waals surface area contributed by atoms with Gasteiger partial charge in [-0.05, 0) is 40.2 Å². The number of carbonyl (C=O) groups is 1. The zero-order chi connectivity index (χ0) is 13.0. The van der Waals surface area contributed by atoms with E-state index < -0.39 is 5.82 Å². The Morgan fingerprint density at radius 3 is 2.50 bits per heavy atom. The van der Waals surface area contributed by atoms with E-state index in [4.69, 9.17) is 0 Å². The fourth-order valence-corrected chi connectivity index (χ4v) is 2.92. The van der Waals surface area contributed by atoms with Gasteiger partial charge < -0.3 is 0 Å². The minimum Gasteiger partial charge on any atom is -0.293 e. The largest absolute Gasteiger partial charge is 0.293 e. The highest BCUT2D eigenvalue weighted by Crippen LogP contribution is 2.27. The molecule has 0 heterocycles. The van der Waals surface area contributed by atoms with Crippen molar-refractivity contribution in [3.05, 3.63) is 64.4 Å². The van der Waals surface area contributed by atoms with Gasteiger partial charge in [0.15, 0.2) is 5.78 Å². The van der Waals surface area contributed by atoms with Gasteiger partial charge >= 0.3 is 0 Å². The number of carbonyl (C=O) groups excluding carboxylic acids is 1. The van der Waals surface area contributed by atoms with Gasteiger partial charge in [-0.3, -0.25) is 4.79 Å². The van der Waals surface area contributed by atoms with Gasteiger partial charge in [0, 0.05) is 9.37 Å². The molecular formula is C14H10BrFOS. The summed E-state index contributed by atoms with van der Waals surface area (Å²) in [6.07, 6.45) is 0. The monoisotopic (exact) mass is 324 g/mol. The molecule has 0 atom stereocenters. The standard InChI is InChI=1S/C14H10BrFOS/c15-11-6-2-4-8-14(11)18-9-13(17)10-5-1-3-7-12(10)16/h1-8H,9H2. The van der Waals surface area contributed by atoms with Crippen LogP contribution in [0.25, 0.3) is 0 Å². The average molecular weight is 325 g/mol. The zero-order valence-corrected chi connectivity index (χ0v) is 11.8. The van der Waals surface area contributed by atoms with E-state index in [1.54, 1.807) is 12.1 Å². The lowest BCUT2D eigenvalue weighted by Gasteiger charge is -2.04. The lowest BCUT2D eigenvalue weighted by molar-refractivity contribution is 0.101. The Bertz CT molecular complexity index is 571. The summed E-state index contributed by atoms with van der Waals surface area (Å²) in [5, 5.41) is 0. The topological polar surface area (TPSA) is 17.1 Å². The third-order valence-electron chi connectivity index (χ3n) is 2.37. The van der Waals surface area contributed by atoms with Crippen molar-refractivity contribution in [3.8, 4) is 0 Å². The van der Waals surface area contributed by atoms with Gasteiger partial charge in [0.2, 0.25) is 0 Å². The SMILES string of the molecule is O=C(CSc1ccccc1Br)c1ccccc1F. The molecule has 92 valence electrons. The number of Topliss-reactive ketones (excluding diaryl/α,β-unsaturated/α-hetero) is 1. The van der Waals surface area contributed by atoms with E-state index in [2.05, 4.69) is 15.9 Å². The second-order valence-corrected chi connectivity index (χ2v) is 5.49. The molecule has 2 rings (SSSR count). The van der Waals surface area contributed by atoms with Crippen LogP contribution in [0, 0.1) is 5.82 Å². The molecular weight excluding hydrogens is 315 g/mol. The normalized spacial score (nSPS) is 10.3. The highest BCUT2D eigenvalue weighted by Gasteiger charge is 2.11. The second kappa shape index (κ2) is 6.16. The highest BCUT2D eigenvalue weighted by atomic mass is 79.9. The number of benzene rings is 2. The average Bonchev–Trinajstić information content (AvgIpc) is 2.38. The quantitative estimate of drug-likeness (QED) is 0.605. The molecule has 2 aromatic carbocycles. The van der Waals surface area contributed by atoms with E-state index in [0.29, 0.717) is 0 Å². The number of ketones is 1. The molecule has 0 aliphatic carbocycles. The molecule has 4 heteroatoms. The molecule has 2 aromatic rings. The van der Waals surface area contributed by atoms with Crippen LogP contribution in [0.5, 0.6) is 0 Å². The Morgan fingerprint density at radius 1 is 1.11 bits per heavy atom. The fraction of sp³-hybridized carbons (Fsp3) is 0.0714. The van der Waals surface area contributed by atoms with Crippen LogP contribution < -0.4 is 0 Å². The van der Waals surface area contributed by atoms with Gasteiger partial charge in [0.1, 0.15) is 5.82 Å². The molecule has 0 unspecified atom stereocenters. The first-order valence-electron chi connectivity index (χ1n) is 5.33. The Morgan fingerprint density at radius 2 is 1.78 bits per heavy atom. The van der Waals surface area contributed by atoms with E-state index in [0.717, 1.165) is 9.37 Å². The first kappa shape index (κ1) is 13.3. The van der Waals surface area contributed by atoms with Crippen LogP contribution in [0.4, 0.5) is 4.39 Å². The van der Waals surface area contributed by atoms with Gasteiger partial charge in [-0.25, -0.2) is 4.39 Å². The summed E-state index contributed by atoms with van der Waals surface area (Å²) in [5.41, 5.74) is 0.150. The maximum atomic E-state index is 13.4. The summed E-state index contributed by atoms with van der Waals surface area (Å²) >= 11 is 4.81. The van der Waals surface area contributed by atoms with Crippen molar-refractivity contribution in [3.63, 3.8) is 0 Å². The van der Waals surface area contributed by atoms with Gasteiger partial charge in [-0.15, -0.1) is 11.8 Å². The second-order valence-electron chi connectivity index (χ2n) is 3.62. The van der Waals surface area contributed by atoms with Crippen LogP contribution in [0.15, 0.2) is 57.9 Å². The van der Waals surface area contributed by atoms with Crippen LogP contribution in [0.3, 0.4) is 0 Å². The first-order chi connectivity index (χ1) is 8.68. The number of thioether (sulfide) groups is 1. The number of hydrogen-bond donors (Lipinski definition) is 0. The minimum atomic E-state index is -0.463. The Balaban J connectivity index is 2.06. The van der Waals surface area contributed by atoms with Crippen molar-refractivity contribution in [1.29, 1.82) is 0 Å². The van der Waals surface area contributed by atoms with Crippen LogP contribution in [-0.2, 0) is 0 Å². The molecule has 18 heavy (non-hydrogen) atoms. The summed E-state index contributed by atoms with van der Waals surface area (Å²) in [7, 11) is 0. The molecule has 0 aromatic heterocycles. The summed E-state index contributed by atoms with van der Waals surface area (Å²) in [6, 6.07) is 13.7. The van der Waals surface area contributed by atoms with Crippen LogP contribution in [0.2, 0.25) is 0 Å². The van der Waals surface area contributed by atoms with Gasteiger partial charge in [-0.2, -0.15) is 0 Å². The molecule has 1 nitrogen and oxygen atoms in total. The maximum Gasteiger partial charge on any atom is 0.176 e. The smallest absolute Gasteiger partial charge is 0.176 e. The Kier molecular flexibility index (Phi) is 4.55. The maximum absolute atomic E-state index is 13.4. The predicted octanol–water partition coefficient (Wildman–Crippen LogP) is 4.56. The van der Waals surface area contributed by atoms with Crippen LogP contribution in [-0.4, -0.2) is 11.5 Å². The molecule has 0 aliphatic rings. The predicted molar refractivity (Wildman–Crippen MR) is 75.6 cm³/mol. The molecule has 0 N–H and O–H groups in total. The molecule has 0 fully saturated rings. The third-order valence-corrected chi connectivity index (χ3v) is 4.40. The molecule has 0 radical (unpaired) electrons. The highest BCUT2D eigenvalue weighted by molar-refractivity contribution is 9.10. The van der Waals surface area contributed by atoms with Crippen molar-refractivity contribution < 1.29 is 9.18 Å². The molecule has 0 saturated carbocycles. The van der Waals surface area contributed by atoms with Gasteiger partial charge in [0.25, 0.3) is 0 Å². The third kappa shape index (κ3) is 3.21. The fourth-order valence-electron chi connectivity index (χ4n) is 1.47. The van der Waals surface area contributed by atoms with Crippen LogP contribution in [0.1, 0.15) is 10.4 Å². The summed E-state index contributed by atoms with van der Waals surface area (Å²) < 4.78 is 14.3. The molecule has 0 bridgehead atoms. The van der Waals surface area contributed by atoms with Crippen molar-refractivity contribution >= 4 is 33.5 Å². The minimum absolute atomic E-state index is 0.150. The summed E-state index contributed by atoms with van der Waals surface area (Å²) in [4.78, 5) is 12.8. The van der Waals surface area contributed by atoms with E-state index in [9.17, 15) is 9.18 Å². The molecule has 0 amide bonds. The number of rotatable bonds is 4. The molecule has 0 saturated heterocycles. The van der Waals surface area contributed by atoms with E-state index in [-0.39, 0.29) is 17.1 Å². The first-order valence-corrected chi connectivity index (χ1v) is 7.11. The van der Waals surface area contributed by atoms with Gasteiger partial charge in [0.05, 0.1) is 11.3 Å². The molecule has 0 spiro atoms. The lowest BCUT2D eigenvalue weighted by Crippen LogP contribution is -2.04. The van der Waals surface area contributed by atoms with Gasteiger partial charge in [-0.1, -0.05) is 24.3 Å². The van der Waals surface area contributed by atoms with Crippen LogP contribution >= 0.6 is 27.7 Å². The summed E-state index contributed by atoms with van der Waals surface area (Å²) in [5.74, 6) is -0.437. The lowest BCUT2D eigenvalue weighted by atomic mass is 10.1. The number of halogens is 2. The zero-order valence-electron chi connectivity index (χ0n) is 9.40. The Labute approximate surface area is 118 Å². The van der Waals surface area contributed by atoms with E-state index in [1.807, 2.05) is 24.3 Å². The summed E-state index contributed by atoms with van der Waals surface area (Å²) in [6.45, 7) is 0. The van der Waals surface area contributed by atoms with Crippen molar-refractivity contribution in [2.45, 2.75) is 4.90 Å². The van der Waals surface area contributed by atoms with Crippen molar-refractivity contribution in [2.75, 3.05) is 5.75 Å². The number of hydrogen-bond acceptors (Lipinski definition) is 2. The van der Waals surface area contributed by atoms with E-state index >= 15 is 0 Å². The van der Waals surface area contributed by atoms with Crippen molar-refractivity contribution in [1.82, 2.24) is 0 Å². The Hall–Kier alpha value is -1.13.